The van der Waals surface area contributed by atoms with Gasteiger partial charge in [0.1, 0.15) is 5.51 Å². The molecule has 0 fully saturated rings. The van der Waals surface area contributed by atoms with E-state index >= 15 is 0 Å². The van der Waals surface area contributed by atoms with Crippen LogP contribution in [0.2, 0.25) is 0 Å². The second kappa shape index (κ2) is 6.90. The van der Waals surface area contributed by atoms with E-state index in [9.17, 15) is 18.0 Å². The van der Waals surface area contributed by atoms with Gasteiger partial charge >= 0.3 is 5.69 Å². The van der Waals surface area contributed by atoms with Crippen molar-refractivity contribution in [2.75, 3.05) is 10.0 Å². The second-order valence-corrected chi connectivity index (χ2v) is 8.18. The normalized spacial score (nSPS) is 11.4. The number of carbonyl (C=O) groups is 1. The zero-order chi connectivity index (χ0) is 19.7. The lowest BCUT2D eigenvalue weighted by molar-refractivity contribution is 0.102. The van der Waals surface area contributed by atoms with Crippen molar-refractivity contribution in [1.29, 1.82) is 0 Å². The average Bonchev–Trinajstić information content (AvgIpc) is 3.29. The van der Waals surface area contributed by atoms with E-state index in [0.29, 0.717) is 21.7 Å². The Balaban J connectivity index is 1.52. The quantitative estimate of drug-likeness (QED) is 0.389. The van der Waals surface area contributed by atoms with Crippen LogP contribution in [-0.4, -0.2) is 34.5 Å². The first kappa shape index (κ1) is 17.9. The molecule has 4 N–H and O–H groups in total. The molecule has 2 heterocycles. The van der Waals surface area contributed by atoms with Gasteiger partial charge in [-0.1, -0.05) is 11.3 Å². The maximum absolute atomic E-state index is 12.6. The summed E-state index contributed by atoms with van der Waals surface area (Å²) in [7, 11) is -3.87. The van der Waals surface area contributed by atoms with Gasteiger partial charge in [-0.05, 0) is 42.5 Å². The fourth-order valence-corrected chi connectivity index (χ4v) is 4.00. The number of nitrogens with zero attached hydrogens (tertiary/aromatic N) is 2. The largest absolute Gasteiger partial charge is 0.323 e. The third-order valence-corrected chi connectivity index (χ3v) is 5.76. The molecule has 0 aliphatic rings. The molecule has 0 radical (unpaired) electrons. The Morgan fingerprint density at radius 3 is 2.50 bits per heavy atom. The number of amides is 1. The molecule has 0 bridgehead atoms. The van der Waals surface area contributed by atoms with E-state index in [0.717, 1.165) is 0 Å². The lowest BCUT2D eigenvalue weighted by Crippen LogP contribution is -2.14. The predicted octanol–water partition coefficient (Wildman–Crippen LogP) is 1.76. The summed E-state index contributed by atoms with van der Waals surface area (Å²) in [5, 5.41) is 10.3. The summed E-state index contributed by atoms with van der Waals surface area (Å²) in [4.78, 5) is 28.5. The monoisotopic (exact) mass is 416 g/mol. The summed E-state index contributed by atoms with van der Waals surface area (Å²) in [5.41, 5.74) is 2.60. The van der Waals surface area contributed by atoms with Crippen molar-refractivity contribution in [2.24, 2.45) is 0 Å². The summed E-state index contributed by atoms with van der Waals surface area (Å²) >= 11 is 1.19. The Morgan fingerprint density at radius 2 is 1.79 bits per heavy atom. The molecule has 0 saturated heterocycles. The van der Waals surface area contributed by atoms with Gasteiger partial charge in [0.05, 0.1) is 15.9 Å². The van der Waals surface area contributed by atoms with Crippen LogP contribution in [0, 0.1) is 0 Å². The molecule has 142 valence electrons. The molecule has 28 heavy (non-hydrogen) atoms. The minimum Gasteiger partial charge on any atom is -0.306 e. The molecular weight excluding hydrogens is 404 g/mol. The number of rotatable bonds is 5. The van der Waals surface area contributed by atoms with E-state index < -0.39 is 15.7 Å². The van der Waals surface area contributed by atoms with Crippen molar-refractivity contribution >= 4 is 49.1 Å². The summed E-state index contributed by atoms with van der Waals surface area (Å²) < 4.78 is 27.6. The number of hydrogen-bond donors (Lipinski definition) is 4. The van der Waals surface area contributed by atoms with Crippen molar-refractivity contribution in [1.82, 2.24) is 20.2 Å². The fourth-order valence-electron chi connectivity index (χ4n) is 2.48. The first-order valence-electron chi connectivity index (χ1n) is 7.83. The lowest BCUT2D eigenvalue weighted by Gasteiger charge is -2.09. The van der Waals surface area contributed by atoms with Crippen LogP contribution in [0.25, 0.3) is 11.0 Å². The summed E-state index contributed by atoms with van der Waals surface area (Å²) in [5.74, 6) is -0.381. The lowest BCUT2D eigenvalue weighted by atomic mass is 10.2. The van der Waals surface area contributed by atoms with Crippen LogP contribution in [0.5, 0.6) is 0 Å². The van der Waals surface area contributed by atoms with Gasteiger partial charge in [-0.3, -0.25) is 14.8 Å². The fraction of sp³-hybridized carbons (Fsp3) is 0. The molecule has 2 aromatic carbocycles. The van der Waals surface area contributed by atoms with Crippen LogP contribution in [0.1, 0.15) is 10.4 Å². The molecule has 0 unspecified atom stereocenters. The third kappa shape index (κ3) is 3.63. The van der Waals surface area contributed by atoms with Crippen molar-refractivity contribution in [2.45, 2.75) is 4.90 Å². The van der Waals surface area contributed by atoms with Crippen molar-refractivity contribution in [3.8, 4) is 0 Å². The SMILES string of the molecule is O=C(Nc1nncs1)c1ccc(NS(=O)(=O)c2ccc3[nH]c(=O)[nH]c3c2)cc1. The third-order valence-electron chi connectivity index (χ3n) is 3.78. The number of anilines is 2. The molecule has 0 aliphatic carbocycles. The minimum absolute atomic E-state index is 0.00617. The van der Waals surface area contributed by atoms with E-state index in [1.54, 1.807) is 0 Å². The van der Waals surface area contributed by atoms with Crippen LogP contribution in [0.15, 0.2) is 57.7 Å². The van der Waals surface area contributed by atoms with E-state index in [2.05, 4.69) is 30.2 Å². The first-order chi connectivity index (χ1) is 13.4. The number of nitrogens with one attached hydrogen (secondary N) is 4. The van der Waals surface area contributed by atoms with E-state index in [1.165, 1.54) is 59.3 Å². The number of imidazole rings is 1. The van der Waals surface area contributed by atoms with Crippen LogP contribution < -0.4 is 15.7 Å². The highest BCUT2D eigenvalue weighted by molar-refractivity contribution is 7.92. The van der Waals surface area contributed by atoms with Gasteiger partial charge < -0.3 is 9.97 Å². The number of H-pyrrole nitrogens is 2. The van der Waals surface area contributed by atoms with Crippen molar-refractivity contribution < 1.29 is 13.2 Å². The van der Waals surface area contributed by atoms with Gasteiger partial charge in [0.25, 0.3) is 15.9 Å². The molecule has 0 aliphatic heterocycles. The van der Waals surface area contributed by atoms with Gasteiger partial charge in [0, 0.05) is 11.3 Å². The highest BCUT2D eigenvalue weighted by Gasteiger charge is 2.16. The summed E-state index contributed by atoms with van der Waals surface area (Å²) in [6.07, 6.45) is 0. The van der Waals surface area contributed by atoms with Crippen LogP contribution in [0.3, 0.4) is 0 Å². The Hall–Kier alpha value is -3.51. The molecule has 0 spiro atoms. The highest BCUT2D eigenvalue weighted by Crippen LogP contribution is 2.20. The molecule has 12 heteroatoms. The zero-order valence-electron chi connectivity index (χ0n) is 14.0. The molecule has 4 rings (SSSR count). The Labute approximate surface area is 161 Å². The predicted molar refractivity (Wildman–Crippen MR) is 104 cm³/mol. The van der Waals surface area contributed by atoms with Gasteiger partial charge in [-0.25, -0.2) is 13.2 Å². The Kier molecular flexibility index (Phi) is 4.41. The molecule has 0 saturated carbocycles. The minimum atomic E-state index is -3.87. The topological polar surface area (TPSA) is 150 Å². The van der Waals surface area contributed by atoms with E-state index in [1.807, 2.05) is 0 Å². The van der Waals surface area contributed by atoms with Crippen LogP contribution >= 0.6 is 11.3 Å². The average molecular weight is 416 g/mol. The van der Waals surface area contributed by atoms with E-state index in [4.69, 9.17) is 0 Å². The van der Waals surface area contributed by atoms with Crippen LogP contribution in [-0.2, 0) is 10.0 Å². The molecular formula is C16H12N6O4S2. The summed E-state index contributed by atoms with van der Waals surface area (Å²) in [6.45, 7) is 0. The molecule has 2 aromatic heterocycles. The maximum Gasteiger partial charge on any atom is 0.323 e. The van der Waals surface area contributed by atoms with Crippen molar-refractivity contribution in [3.05, 3.63) is 64.0 Å². The first-order valence-corrected chi connectivity index (χ1v) is 10.2. The molecule has 0 atom stereocenters. The van der Waals surface area contributed by atoms with Crippen molar-refractivity contribution in [3.63, 3.8) is 0 Å². The number of aromatic amines is 2. The maximum atomic E-state index is 12.6. The number of benzene rings is 2. The molecule has 4 aromatic rings. The van der Waals surface area contributed by atoms with Gasteiger partial charge in [-0.2, -0.15) is 0 Å². The number of aromatic nitrogens is 4. The highest BCUT2D eigenvalue weighted by atomic mass is 32.2. The number of sulfonamides is 1. The van der Waals surface area contributed by atoms with Gasteiger partial charge in [-0.15, -0.1) is 10.2 Å². The van der Waals surface area contributed by atoms with E-state index in [-0.39, 0.29) is 16.5 Å². The standard InChI is InChI=1S/C16H12N6O4S2/c23-14(20-16-21-17-8-27-16)9-1-3-10(4-2-9)22-28(25,26)11-5-6-12-13(7-11)19-15(24)18-12/h1-8,22H,(H2,18,19,24)(H,20,21,23). The van der Waals surface area contributed by atoms with Crippen LogP contribution in [0.4, 0.5) is 10.8 Å². The number of hydrogen-bond acceptors (Lipinski definition) is 7. The Bertz CT molecular complexity index is 1310. The van der Waals surface area contributed by atoms with Gasteiger partial charge in [0.15, 0.2) is 0 Å². The van der Waals surface area contributed by atoms with Gasteiger partial charge in [0.2, 0.25) is 5.13 Å². The summed E-state index contributed by atoms with van der Waals surface area (Å²) in [6, 6.07) is 10.2. The number of fused-ring (bicyclic) bond motifs is 1. The Morgan fingerprint density at radius 1 is 1.04 bits per heavy atom. The molecule has 1 amide bonds. The number of carbonyl (C=O) groups excluding carboxylic acids is 1. The second-order valence-electron chi connectivity index (χ2n) is 5.67. The molecule has 10 nitrogen and oxygen atoms in total. The smallest absolute Gasteiger partial charge is 0.306 e. The zero-order valence-corrected chi connectivity index (χ0v) is 15.6.